The van der Waals surface area contributed by atoms with E-state index in [0.717, 1.165) is 33.4 Å². The molecule has 5 aromatic carbocycles. The molecule has 6 rings (SSSR count). The first-order chi connectivity index (χ1) is 17.9. The van der Waals surface area contributed by atoms with Crippen LogP contribution in [0, 0.1) is 0 Å². The van der Waals surface area contributed by atoms with Crippen LogP contribution in [0.25, 0.3) is 22.3 Å². The molecule has 0 atom stereocenters. The zero-order valence-electron chi connectivity index (χ0n) is 22.1. The van der Waals surface area contributed by atoms with E-state index >= 15 is 0 Å². The van der Waals surface area contributed by atoms with Gasteiger partial charge < -0.3 is 0 Å². The molecule has 0 heterocycles. The van der Waals surface area contributed by atoms with Gasteiger partial charge in [-0.3, -0.25) is 0 Å². The highest BCUT2D eigenvalue weighted by atomic mass is 35.5. The minimum Gasteiger partial charge on any atom is -0.0843 e. The lowest BCUT2D eigenvalue weighted by atomic mass is 9.67. The molecule has 0 N–H and O–H groups in total. The van der Waals surface area contributed by atoms with Gasteiger partial charge >= 0.3 is 0 Å². The Balaban J connectivity index is 1.71. The van der Waals surface area contributed by atoms with E-state index in [1.54, 1.807) is 6.07 Å². The van der Waals surface area contributed by atoms with Crippen LogP contribution in [0.3, 0.4) is 0 Å². The minimum absolute atomic E-state index is 0.193. The van der Waals surface area contributed by atoms with Crippen LogP contribution in [0.4, 0.5) is 0 Å². The van der Waals surface area contributed by atoms with Gasteiger partial charge in [-0.2, -0.15) is 0 Å². The van der Waals surface area contributed by atoms with Crippen molar-refractivity contribution in [1.82, 2.24) is 0 Å². The first-order valence-corrected chi connectivity index (χ1v) is 10.9. The molecule has 0 fully saturated rings. The Labute approximate surface area is 200 Å². The van der Waals surface area contributed by atoms with Crippen molar-refractivity contribution in [3.8, 4) is 22.3 Å². The third-order valence-corrected chi connectivity index (χ3v) is 6.57. The first-order valence-electron chi connectivity index (χ1n) is 13.0. The fraction of sp³-hybridized carbons (Fsp3) is 0.0323. The number of benzene rings is 5. The van der Waals surface area contributed by atoms with Crippen LogP contribution in [0.5, 0.6) is 0 Å². The predicted octanol–water partition coefficient (Wildman–Crippen LogP) is 8.37. The fourth-order valence-corrected chi connectivity index (χ4v) is 5.15. The summed E-state index contributed by atoms with van der Waals surface area (Å²) in [5.74, 6) is 0. The van der Waals surface area contributed by atoms with Gasteiger partial charge in [0.15, 0.2) is 0 Å². The molecule has 1 aliphatic rings. The highest BCUT2D eigenvalue weighted by molar-refractivity contribution is 6.30. The van der Waals surface area contributed by atoms with Crippen molar-refractivity contribution in [1.29, 1.82) is 0 Å². The summed E-state index contributed by atoms with van der Waals surface area (Å²) in [5.41, 5.74) is 6.59. The predicted molar refractivity (Wildman–Crippen MR) is 134 cm³/mol. The molecule has 0 saturated heterocycles. The van der Waals surface area contributed by atoms with Crippen LogP contribution in [-0.4, -0.2) is 0 Å². The maximum absolute atomic E-state index is 8.54. The first kappa shape index (κ1) is 14.5. The number of fused-ring (bicyclic) bond motifs is 3. The summed E-state index contributed by atoms with van der Waals surface area (Å²) in [7, 11) is 0. The van der Waals surface area contributed by atoms with Crippen molar-refractivity contribution in [2.24, 2.45) is 0 Å². The van der Waals surface area contributed by atoms with Gasteiger partial charge in [-0.15, -0.1) is 0 Å². The van der Waals surface area contributed by atoms with Gasteiger partial charge in [-0.05, 0) is 62.7 Å². The fourth-order valence-electron chi connectivity index (χ4n) is 5.03. The largest absolute Gasteiger partial charge is 0.0843 e. The number of hydrogen-bond donors (Lipinski definition) is 0. The van der Waals surface area contributed by atoms with Crippen LogP contribution < -0.4 is 0 Å². The monoisotopic (exact) mass is 433 g/mol. The Morgan fingerprint density at radius 3 is 1.84 bits per heavy atom. The molecular weight excluding hydrogens is 408 g/mol. The molecule has 1 aliphatic carbocycles. The lowest BCUT2D eigenvalue weighted by Crippen LogP contribution is -2.28. The summed E-state index contributed by atoms with van der Waals surface area (Å²) in [6.07, 6.45) is 0. The molecular formula is C31H21Cl. The van der Waals surface area contributed by atoms with Gasteiger partial charge in [-0.25, -0.2) is 0 Å². The Morgan fingerprint density at radius 2 is 1.19 bits per heavy atom. The van der Waals surface area contributed by atoms with Crippen LogP contribution in [0.2, 0.25) is 5.02 Å². The lowest BCUT2D eigenvalue weighted by Gasteiger charge is -2.34. The van der Waals surface area contributed by atoms with Crippen LogP contribution in [0.15, 0.2) is 127 Å². The Morgan fingerprint density at radius 1 is 0.562 bits per heavy atom. The van der Waals surface area contributed by atoms with Crippen molar-refractivity contribution in [2.75, 3.05) is 0 Å². The van der Waals surface area contributed by atoms with E-state index in [1.807, 2.05) is 66.7 Å². The van der Waals surface area contributed by atoms with Crippen molar-refractivity contribution in [3.05, 3.63) is 155 Å². The van der Waals surface area contributed by atoms with E-state index in [1.165, 1.54) is 0 Å². The quantitative estimate of drug-likeness (QED) is 0.263. The molecule has 0 nitrogen and oxygen atoms in total. The summed E-state index contributed by atoms with van der Waals surface area (Å²) in [6, 6.07) is 30.8. The summed E-state index contributed by atoms with van der Waals surface area (Å²) in [5, 5.41) is 0.645. The number of halogens is 1. The Kier molecular flexibility index (Phi) is 3.39. The minimum atomic E-state index is -0.679. The molecule has 0 amide bonds. The molecule has 0 unspecified atom stereocenters. The highest BCUT2D eigenvalue weighted by Crippen LogP contribution is 2.56. The third-order valence-electron chi connectivity index (χ3n) is 6.31. The van der Waals surface area contributed by atoms with Crippen molar-refractivity contribution >= 4 is 11.6 Å². The molecule has 0 aromatic heterocycles. The SMILES string of the molecule is [2H]c1c([2H])c([2H])c(-c2cccc(C3(c4ccc(Cl)cc4)c4ccccc4-c4ccccc43)c2)c([2H])c1[2H]. The van der Waals surface area contributed by atoms with Gasteiger partial charge in [0.2, 0.25) is 0 Å². The van der Waals surface area contributed by atoms with E-state index in [0.29, 0.717) is 10.6 Å². The molecule has 152 valence electrons. The molecule has 32 heavy (non-hydrogen) atoms. The summed E-state index contributed by atoms with van der Waals surface area (Å²) < 4.78 is 41.4. The number of rotatable bonds is 3. The Hall–Kier alpha value is -3.61. The molecule has 5 aromatic rings. The zero-order chi connectivity index (χ0) is 25.9. The van der Waals surface area contributed by atoms with Crippen molar-refractivity contribution in [2.45, 2.75) is 5.41 Å². The van der Waals surface area contributed by atoms with Crippen LogP contribution in [0.1, 0.15) is 29.1 Å². The van der Waals surface area contributed by atoms with Gasteiger partial charge in [-0.1, -0.05) is 121 Å². The maximum Gasteiger partial charge on any atom is 0.0713 e. The second kappa shape index (κ2) is 7.51. The topological polar surface area (TPSA) is 0 Å². The molecule has 0 radical (unpaired) electrons. The second-order valence-electron chi connectivity index (χ2n) is 7.93. The van der Waals surface area contributed by atoms with Crippen molar-refractivity contribution in [3.63, 3.8) is 0 Å². The summed E-state index contributed by atoms with van der Waals surface area (Å²) in [6.45, 7) is 0. The average molecular weight is 434 g/mol. The van der Waals surface area contributed by atoms with Gasteiger partial charge in [0, 0.05) is 5.02 Å². The number of hydrogen-bond acceptors (Lipinski definition) is 0. The van der Waals surface area contributed by atoms with Gasteiger partial charge in [0.05, 0.1) is 12.3 Å². The van der Waals surface area contributed by atoms with E-state index in [2.05, 4.69) is 24.3 Å². The second-order valence-corrected chi connectivity index (χ2v) is 8.37. The van der Waals surface area contributed by atoms with E-state index in [9.17, 15) is 0 Å². The summed E-state index contributed by atoms with van der Waals surface area (Å²) >= 11 is 6.30. The van der Waals surface area contributed by atoms with Crippen molar-refractivity contribution < 1.29 is 6.85 Å². The lowest BCUT2D eigenvalue weighted by molar-refractivity contribution is 0.769. The molecule has 0 aliphatic heterocycles. The van der Waals surface area contributed by atoms with Crippen LogP contribution in [-0.2, 0) is 5.41 Å². The maximum atomic E-state index is 8.54. The molecule has 0 spiro atoms. The standard InChI is InChI=1S/C31H21Cl/c32-26-19-17-24(18-20-26)31(25-12-8-11-23(21-25)22-9-2-1-3-10-22)29-15-6-4-13-27(29)28-14-5-7-16-30(28)31/h1-21H/i1D,2D,3D,9D,10D. The van der Waals surface area contributed by atoms with Gasteiger partial charge in [0.25, 0.3) is 0 Å². The van der Waals surface area contributed by atoms with E-state index in [-0.39, 0.29) is 29.7 Å². The van der Waals surface area contributed by atoms with E-state index in [4.69, 9.17) is 18.5 Å². The molecule has 0 bridgehead atoms. The van der Waals surface area contributed by atoms with Crippen LogP contribution >= 0.6 is 11.6 Å². The summed E-state index contributed by atoms with van der Waals surface area (Å²) in [4.78, 5) is 0. The molecule has 1 heteroatoms. The van der Waals surface area contributed by atoms with Gasteiger partial charge in [0.1, 0.15) is 0 Å². The average Bonchev–Trinajstić information content (AvgIpc) is 3.23. The zero-order valence-corrected chi connectivity index (χ0v) is 17.9. The third kappa shape index (κ3) is 2.77. The van der Waals surface area contributed by atoms with E-state index < -0.39 is 11.5 Å². The molecule has 0 saturated carbocycles. The smallest absolute Gasteiger partial charge is 0.0713 e. The Bertz CT molecular complexity index is 1620. The highest BCUT2D eigenvalue weighted by Gasteiger charge is 2.45. The normalized spacial score (nSPS) is 15.6.